The molecule has 2 atom stereocenters. The summed E-state index contributed by atoms with van der Waals surface area (Å²) in [5, 5.41) is 6.65. The summed E-state index contributed by atoms with van der Waals surface area (Å²) >= 11 is 5.97. The van der Waals surface area contributed by atoms with Crippen LogP contribution in [0.1, 0.15) is 101 Å². The Kier molecular flexibility index (Phi) is 20.2. The van der Waals surface area contributed by atoms with E-state index in [1.807, 2.05) is 108 Å². The highest BCUT2D eigenvalue weighted by Gasteiger charge is 2.29. The second-order valence-electron chi connectivity index (χ2n) is 18.5. The average molecular weight is 990 g/mol. The first kappa shape index (κ1) is 52.8. The maximum atomic E-state index is 13.1. The van der Waals surface area contributed by atoms with Gasteiger partial charge in [-0.3, -0.25) is 19.2 Å². The van der Waals surface area contributed by atoms with Gasteiger partial charge < -0.3 is 30.2 Å². The summed E-state index contributed by atoms with van der Waals surface area (Å²) in [6, 6.07) is 45.7. The van der Waals surface area contributed by atoms with Crippen molar-refractivity contribution in [1.82, 2.24) is 30.4 Å². The van der Waals surface area contributed by atoms with E-state index < -0.39 is 0 Å². The van der Waals surface area contributed by atoms with Crippen molar-refractivity contribution < 1.29 is 19.2 Å². The molecule has 2 unspecified atom stereocenters. The molecule has 12 nitrogen and oxygen atoms in total. The van der Waals surface area contributed by atoms with E-state index in [1.54, 1.807) is 12.4 Å². The van der Waals surface area contributed by atoms with Crippen LogP contribution in [0.3, 0.4) is 0 Å². The molecular formula is C59H69ClN8O4. The number of amides is 4. The molecule has 0 saturated carbocycles. The zero-order valence-corrected chi connectivity index (χ0v) is 42.6. The molecule has 72 heavy (non-hydrogen) atoms. The van der Waals surface area contributed by atoms with Gasteiger partial charge in [0.05, 0.1) is 23.0 Å². The Hall–Kier alpha value is -7.05. The molecule has 4 amide bonds. The van der Waals surface area contributed by atoms with Gasteiger partial charge in [-0.25, -0.2) is 9.97 Å². The highest BCUT2D eigenvalue weighted by atomic mass is 35.5. The number of piperazine rings is 2. The predicted octanol–water partition coefficient (Wildman–Crippen LogP) is 9.62. The number of hydrogen-bond donors (Lipinski definition) is 2. The Labute approximate surface area is 430 Å². The summed E-state index contributed by atoms with van der Waals surface area (Å²) in [6.45, 7) is 10.8. The van der Waals surface area contributed by atoms with Crippen molar-refractivity contribution in [1.29, 1.82) is 0 Å². The van der Waals surface area contributed by atoms with Crippen molar-refractivity contribution in [2.24, 2.45) is 0 Å². The minimum Gasteiger partial charge on any atom is -0.353 e. The minimum atomic E-state index is -0.205. The molecule has 2 aliphatic rings. The van der Waals surface area contributed by atoms with Gasteiger partial charge in [0.1, 0.15) is 11.6 Å². The molecule has 2 aromatic heterocycles. The SMILES string of the molecule is CC(C(=O)N1CCN(c2ccc(C(=O)NCCCCc3ccccc3)cn2)CC1)c1ccc(Cl)cc1.CCC(C(=O)N1CCN(c2ccc(C(=O)NCCCCc3ccccc3)cn2)CC1)c1ccccc1. The highest BCUT2D eigenvalue weighted by Crippen LogP contribution is 2.25. The number of carbonyl (C=O) groups is 4. The fourth-order valence-corrected chi connectivity index (χ4v) is 9.28. The van der Waals surface area contributed by atoms with Gasteiger partial charge in [0.15, 0.2) is 0 Å². The van der Waals surface area contributed by atoms with Gasteiger partial charge in [0, 0.05) is 82.9 Å². The Morgan fingerprint density at radius 2 is 0.944 bits per heavy atom. The quantitative estimate of drug-likeness (QED) is 0.0768. The molecule has 6 aromatic rings. The number of aromatic nitrogens is 2. The summed E-state index contributed by atoms with van der Waals surface area (Å²) in [7, 11) is 0. The standard InChI is InChI=1S/C30H36N4O2.C29H33ClN4O2/c1-2-27(25-14-7-4-8-15-25)30(36)34-21-19-33(20-22-34)28-17-16-26(23-32-28)29(35)31-18-10-9-13-24-11-5-3-6-12-24;1-22(24-10-13-26(30)14-11-24)29(36)34-19-17-33(18-20-34)27-15-12-25(21-32-27)28(35)31-16-6-5-9-23-7-3-2-4-8-23/h3-8,11-12,14-17,23,27H,2,9-10,13,18-22H2,1H3,(H,31,35);2-4,7-8,10-15,21-22H,5-6,9,16-20H2,1H3,(H,31,35). The zero-order valence-electron chi connectivity index (χ0n) is 41.8. The van der Waals surface area contributed by atoms with Crippen LogP contribution >= 0.6 is 11.6 Å². The van der Waals surface area contributed by atoms with Crippen LogP contribution in [0.25, 0.3) is 0 Å². The predicted molar refractivity (Wildman–Crippen MR) is 289 cm³/mol. The molecule has 0 spiro atoms. The summed E-state index contributed by atoms with van der Waals surface area (Å²) in [6.07, 6.45) is 10.1. The Balaban J connectivity index is 0.000000211. The second kappa shape index (κ2) is 27.5. The summed E-state index contributed by atoms with van der Waals surface area (Å²) in [5.41, 5.74) is 5.84. The molecule has 2 N–H and O–H groups in total. The minimum absolute atomic E-state index is 0.0873. The Bertz CT molecular complexity index is 2590. The lowest BCUT2D eigenvalue weighted by Crippen LogP contribution is -2.50. The molecule has 13 heteroatoms. The van der Waals surface area contributed by atoms with Gasteiger partial charge in [-0.05, 0) is 111 Å². The summed E-state index contributed by atoms with van der Waals surface area (Å²) < 4.78 is 0. The molecule has 0 radical (unpaired) electrons. The van der Waals surface area contributed by atoms with Crippen molar-refractivity contribution in [3.63, 3.8) is 0 Å². The normalized spacial score (nSPS) is 14.4. The van der Waals surface area contributed by atoms with Crippen LogP contribution in [0.5, 0.6) is 0 Å². The van der Waals surface area contributed by atoms with Gasteiger partial charge in [0.2, 0.25) is 11.8 Å². The van der Waals surface area contributed by atoms with E-state index >= 15 is 0 Å². The van der Waals surface area contributed by atoms with Gasteiger partial charge >= 0.3 is 0 Å². The molecule has 2 aliphatic heterocycles. The Morgan fingerprint density at radius 1 is 0.514 bits per heavy atom. The largest absolute Gasteiger partial charge is 0.353 e. The number of pyridine rings is 2. The first-order valence-electron chi connectivity index (χ1n) is 25.6. The number of benzene rings is 4. The smallest absolute Gasteiger partial charge is 0.252 e. The number of nitrogens with zero attached hydrogens (tertiary/aromatic N) is 6. The number of rotatable bonds is 19. The summed E-state index contributed by atoms with van der Waals surface area (Å²) in [5.74, 6) is 1.52. The summed E-state index contributed by atoms with van der Waals surface area (Å²) in [4.78, 5) is 68.3. The first-order valence-corrected chi connectivity index (χ1v) is 26.0. The first-order chi connectivity index (χ1) is 35.2. The van der Waals surface area contributed by atoms with Crippen molar-refractivity contribution in [2.45, 2.75) is 70.6 Å². The lowest BCUT2D eigenvalue weighted by atomic mass is 9.95. The van der Waals surface area contributed by atoms with E-state index in [2.05, 4.69) is 85.9 Å². The number of halogens is 1. The van der Waals surface area contributed by atoms with Crippen LogP contribution in [0.2, 0.25) is 5.02 Å². The molecule has 2 saturated heterocycles. The highest BCUT2D eigenvalue weighted by molar-refractivity contribution is 6.30. The molecule has 376 valence electrons. The third kappa shape index (κ3) is 15.5. The van der Waals surface area contributed by atoms with Crippen LogP contribution in [-0.4, -0.2) is 109 Å². The molecule has 0 aliphatic carbocycles. The van der Waals surface area contributed by atoms with E-state index in [0.717, 1.165) is 80.8 Å². The molecule has 4 heterocycles. The van der Waals surface area contributed by atoms with Crippen LogP contribution in [-0.2, 0) is 22.4 Å². The van der Waals surface area contributed by atoms with E-state index in [9.17, 15) is 19.2 Å². The number of aryl methyl sites for hydroxylation is 2. The van der Waals surface area contributed by atoms with E-state index in [1.165, 1.54) is 11.1 Å². The topological polar surface area (TPSA) is 131 Å². The number of hydrogen-bond acceptors (Lipinski definition) is 8. The molecule has 4 aromatic carbocycles. The Morgan fingerprint density at radius 3 is 1.36 bits per heavy atom. The van der Waals surface area contributed by atoms with Gasteiger partial charge in [0.25, 0.3) is 11.8 Å². The monoisotopic (exact) mass is 989 g/mol. The van der Waals surface area contributed by atoms with Gasteiger partial charge in [-0.2, -0.15) is 0 Å². The number of unbranched alkanes of at least 4 members (excludes halogenated alkanes) is 2. The fraction of sp³-hybridized carbons (Fsp3) is 0.356. The number of nitrogens with one attached hydrogen (secondary N) is 2. The van der Waals surface area contributed by atoms with Crippen molar-refractivity contribution in [3.05, 3.63) is 190 Å². The van der Waals surface area contributed by atoms with Crippen LogP contribution < -0.4 is 20.4 Å². The lowest BCUT2D eigenvalue weighted by Gasteiger charge is -2.37. The third-order valence-electron chi connectivity index (χ3n) is 13.5. The number of carbonyl (C=O) groups excluding carboxylic acids is 4. The van der Waals surface area contributed by atoms with Gasteiger partial charge in [-0.1, -0.05) is 122 Å². The lowest BCUT2D eigenvalue weighted by molar-refractivity contribution is -0.133. The molecular weight excluding hydrogens is 920 g/mol. The maximum Gasteiger partial charge on any atom is 0.252 e. The number of anilines is 2. The maximum absolute atomic E-state index is 13.1. The molecule has 8 rings (SSSR count). The van der Waals surface area contributed by atoms with E-state index in [0.29, 0.717) is 68.5 Å². The van der Waals surface area contributed by atoms with E-state index in [-0.39, 0.29) is 35.5 Å². The van der Waals surface area contributed by atoms with Crippen LogP contribution in [0, 0.1) is 0 Å². The van der Waals surface area contributed by atoms with E-state index in [4.69, 9.17) is 11.6 Å². The second-order valence-corrected chi connectivity index (χ2v) is 18.9. The zero-order chi connectivity index (χ0) is 50.5. The van der Waals surface area contributed by atoms with Gasteiger partial charge in [-0.15, -0.1) is 0 Å². The average Bonchev–Trinajstić information content (AvgIpc) is 3.44. The van der Waals surface area contributed by atoms with Crippen LogP contribution in [0.15, 0.2) is 152 Å². The van der Waals surface area contributed by atoms with Crippen LogP contribution in [0.4, 0.5) is 11.6 Å². The van der Waals surface area contributed by atoms with Crippen molar-refractivity contribution in [3.8, 4) is 0 Å². The van der Waals surface area contributed by atoms with Crippen molar-refractivity contribution in [2.75, 3.05) is 75.2 Å². The fourth-order valence-electron chi connectivity index (χ4n) is 9.16. The third-order valence-corrected chi connectivity index (χ3v) is 13.8. The van der Waals surface area contributed by atoms with Crippen molar-refractivity contribution >= 4 is 46.9 Å². The molecule has 0 bridgehead atoms. The molecule has 2 fully saturated rings.